The van der Waals surface area contributed by atoms with Crippen molar-refractivity contribution in [2.45, 2.75) is 13.2 Å². The molecule has 24 heavy (non-hydrogen) atoms. The second kappa shape index (κ2) is 8.52. The monoisotopic (exact) mass is 351 g/mol. The van der Waals surface area contributed by atoms with E-state index in [-0.39, 0.29) is 18.4 Å². The maximum absolute atomic E-state index is 13.6. The van der Waals surface area contributed by atoms with Crippen molar-refractivity contribution in [3.05, 3.63) is 58.4 Å². The summed E-state index contributed by atoms with van der Waals surface area (Å²) >= 11 is 6.05. The highest BCUT2D eigenvalue weighted by molar-refractivity contribution is 6.32. The predicted octanol–water partition coefficient (Wildman–Crippen LogP) is 3.56. The fourth-order valence-corrected chi connectivity index (χ4v) is 2.36. The number of benzene rings is 2. The van der Waals surface area contributed by atoms with Gasteiger partial charge in [0.05, 0.1) is 25.3 Å². The Morgan fingerprint density at radius 2 is 2.04 bits per heavy atom. The van der Waals surface area contributed by atoms with Crippen molar-refractivity contribution in [2.75, 3.05) is 19.5 Å². The van der Waals surface area contributed by atoms with Gasteiger partial charge in [-0.2, -0.15) is 0 Å². The molecule has 0 saturated carbocycles. The number of hydrogen-bond donors (Lipinski definition) is 2. The van der Waals surface area contributed by atoms with Crippen molar-refractivity contribution in [1.29, 1.82) is 0 Å². The number of ether oxygens (including phenoxy) is 2. The van der Waals surface area contributed by atoms with Crippen LogP contribution in [0.2, 0.25) is 5.02 Å². The van der Waals surface area contributed by atoms with Gasteiger partial charge in [0.2, 0.25) is 0 Å². The molecule has 0 heterocycles. The molecule has 0 aliphatic carbocycles. The number of nitrogens with one attached hydrogen (secondary N) is 1. The lowest BCUT2D eigenvalue weighted by molar-refractivity contribution is 0.181. The minimum Gasteiger partial charge on any atom is -0.495 e. The zero-order valence-corrected chi connectivity index (χ0v) is 14.2. The molecule has 0 unspecified atom stereocenters. The smallest absolute Gasteiger partial charge is 0.193 e. The first-order valence-electron chi connectivity index (χ1n) is 7.20. The molecule has 0 bridgehead atoms. The fourth-order valence-electron chi connectivity index (χ4n) is 2.10. The molecular weight excluding hydrogens is 333 g/mol. The first-order chi connectivity index (χ1) is 11.5. The standard InChI is InChI=1S/C17H19ClFN3O2/c1-23-10-12-7-11(3-5-15(12)19)9-21-17(20)22-13-4-6-16(24-2)14(18)8-13/h3-8H,9-10H2,1-2H3,(H3,20,21,22). The summed E-state index contributed by atoms with van der Waals surface area (Å²) in [4.78, 5) is 4.24. The largest absolute Gasteiger partial charge is 0.495 e. The van der Waals surface area contributed by atoms with Crippen molar-refractivity contribution in [1.82, 2.24) is 0 Å². The van der Waals surface area contributed by atoms with Crippen LogP contribution in [0.5, 0.6) is 5.75 Å². The molecule has 0 aromatic heterocycles. The van der Waals surface area contributed by atoms with Gasteiger partial charge < -0.3 is 20.5 Å². The van der Waals surface area contributed by atoms with E-state index in [0.717, 1.165) is 5.56 Å². The number of hydrogen-bond acceptors (Lipinski definition) is 3. The van der Waals surface area contributed by atoms with Gasteiger partial charge in [0, 0.05) is 18.4 Å². The SMILES string of the molecule is COCc1cc(CN=C(N)Nc2ccc(OC)c(Cl)c2)ccc1F. The zero-order chi connectivity index (χ0) is 17.5. The Kier molecular flexibility index (Phi) is 6.40. The van der Waals surface area contributed by atoms with Crippen molar-refractivity contribution in [3.8, 4) is 5.75 Å². The molecule has 0 atom stereocenters. The second-order valence-electron chi connectivity index (χ2n) is 5.03. The van der Waals surface area contributed by atoms with Crippen molar-refractivity contribution < 1.29 is 13.9 Å². The van der Waals surface area contributed by atoms with E-state index in [1.54, 1.807) is 37.4 Å². The molecule has 2 aromatic rings. The quantitative estimate of drug-likeness (QED) is 0.616. The van der Waals surface area contributed by atoms with Gasteiger partial charge in [-0.05, 0) is 35.9 Å². The van der Waals surface area contributed by atoms with Crippen molar-refractivity contribution in [3.63, 3.8) is 0 Å². The third kappa shape index (κ3) is 4.84. The van der Waals surface area contributed by atoms with E-state index in [0.29, 0.717) is 28.6 Å². The normalized spacial score (nSPS) is 11.4. The van der Waals surface area contributed by atoms with Crippen LogP contribution in [0.4, 0.5) is 10.1 Å². The summed E-state index contributed by atoms with van der Waals surface area (Å²) in [6, 6.07) is 9.97. The van der Waals surface area contributed by atoms with Crippen LogP contribution in [0, 0.1) is 5.82 Å². The van der Waals surface area contributed by atoms with Crippen LogP contribution in [0.25, 0.3) is 0 Å². The molecular formula is C17H19ClFN3O2. The Bertz CT molecular complexity index is 738. The first kappa shape index (κ1) is 18.0. The molecule has 3 N–H and O–H groups in total. The van der Waals surface area contributed by atoms with Crippen LogP contribution < -0.4 is 15.8 Å². The van der Waals surface area contributed by atoms with Gasteiger partial charge >= 0.3 is 0 Å². The lowest BCUT2D eigenvalue weighted by atomic mass is 10.1. The molecule has 0 amide bonds. The third-order valence-electron chi connectivity index (χ3n) is 3.27. The third-order valence-corrected chi connectivity index (χ3v) is 3.56. The molecule has 0 aliphatic rings. The highest BCUT2D eigenvalue weighted by Gasteiger charge is 2.05. The summed E-state index contributed by atoms with van der Waals surface area (Å²) in [5.41, 5.74) is 7.88. The van der Waals surface area contributed by atoms with Crippen molar-refractivity contribution >= 4 is 23.2 Å². The molecule has 0 radical (unpaired) electrons. The van der Waals surface area contributed by atoms with E-state index < -0.39 is 0 Å². The van der Waals surface area contributed by atoms with Crippen molar-refractivity contribution in [2.24, 2.45) is 10.7 Å². The molecule has 0 aliphatic heterocycles. The fraction of sp³-hybridized carbons (Fsp3) is 0.235. The van der Waals surface area contributed by atoms with Gasteiger partial charge in [0.25, 0.3) is 0 Å². The summed E-state index contributed by atoms with van der Waals surface area (Å²) in [5, 5.41) is 3.41. The summed E-state index contributed by atoms with van der Waals surface area (Å²) < 4.78 is 23.6. The molecule has 0 saturated heterocycles. The minimum atomic E-state index is -0.302. The Morgan fingerprint density at radius 3 is 2.71 bits per heavy atom. The molecule has 128 valence electrons. The van der Waals surface area contributed by atoms with Crippen LogP contribution in [0.3, 0.4) is 0 Å². The van der Waals surface area contributed by atoms with Crippen LogP contribution in [0.1, 0.15) is 11.1 Å². The van der Waals surface area contributed by atoms with E-state index >= 15 is 0 Å². The van der Waals surface area contributed by atoms with Crippen LogP contribution in [-0.4, -0.2) is 20.2 Å². The lowest BCUT2D eigenvalue weighted by Gasteiger charge is -2.09. The molecule has 0 spiro atoms. The summed E-state index contributed by atoms with van der Waals surface area (Å²) in [6.45, 7) is 0.529. The molecule has 2 aromatic carbocycles. The maximum Gasteiger partial charge on any atom is 0.193 e. The summed E-state index contributed by atoms with van der Waals surface area (Å²) in [6.07, 6.45) is 0. The Hall–Kier alpha value is -2.31. The Morgan fingerprint density at radius 1 is 1.25 bits per heavy atom. The van der Waals surface area contributed by atoms with Crippen LogP contribution in [-0.2, 0) is 17.9 Å². The Labute approximate surface area is 145 Å². The van der Waals surface area contributed by atoms with E-state index in [2.05, 4.69) is 10.3 Å². The number of methoxy groups -OCH3 is 2. The topological polar surface area (TPSA) is 68.9 Å². The summed E-state index contributed by atoms with van der Waals surface area (Å²) in [5.74, 6) is 0.507. The average Bonchev–Trinajstić information content (AvgIpc) is 2.56. The number of rotatable bonds is 6. The molecule has 5 nitrogen and oxygen atoms in total. The number of anilines is 1. The number of nitrogens with two attached hydrogens (primary N) is 1. The molecule has 7 heteroatoms. The van der Waals surface area contributed by atoms with Crippen LogP contribution in [0.15, 0.2) is 41.4 Å². The summed E-state index contributed by atoms with van der Waals surface area (Å²) in [7, 11) is 3.07. The average molecular weight is 352 g/mol. The number of halogens is 2. The lowest BCUT2D eigenvalue weighted by Crippen LogP contribution is -2.22. The van der Waals surface area contributed by atoms with Gasteiger partial charge in [-0.25, -0.2) is 9.38 Å². The van der Waals surface area contributed by atoms with Gasteiger partial charge in [0.15, 0.2) is 5.96 Å². The van der Waals surface area contributed by atoms with Crippen LogP contribution >= 0.6 is 11.6 Å². The highest BCUT2D eigenvalue weighted by Crippen LogP contribution is 2.27. The van der Waals surface area contributed by atoms with Gasteiger partial charge in [-0.15, -0.1) is 0 Å². The van der Waals surface area contributed by atoms with E-state index in [9.17, 15) is 4.39 Å². The maximum atomic E-state index is 13.6. The number of nitrogens with zero attached hydrogens (tertiary/aromatic N) is 1. The van der Waals surface area contributed by atoms with E-state index in [4.69, 9.17) is 26.8 Å². The zero-order valence-electron chi connectivity index (χ0n) is 13.5. The van der Waals surface area contributed by atoms with Gasteiger partial charge in [-0.1, -0.05) is 17.7 Å². The minimum absolute atomic E-state index is 0.210. The first-order valence-corrected chi connectivity index (χ1v) is 7.58. The van der Waals surface area contributed by atoms with E-state index in [1.165, 1.54) is 13.2 Å². The second-order valence-corrected chi connectivity index (χ2v) is 5.44. The Balaban J connectivity index is 2.03. The van der Waals surface area contributed by atoms with E-state index in [1.807, 2.05) is 0 Å². The number of guanidine groups is 1. The molecule has 0 fully saturated rings. The number of aliphatic imine (C=N–C) groups is 1. The highest BCUT2D eigenvalue weighted by atomic mass is 35.5. The predicted molar refractivity (Wildman–Crippen MR) is 94.1 cm³/mol. The van der Waals surface area contributed by atoms with Gasteiger partial charge in [0.1, 0.15) is 11.6 Å². The molecule has 2 rings (SSSR count). The van der Waals surface area contributed by atoms with Gasteiger partial charge in [-0.3, -0.25) is 0 Å².